The topological polar surface area (TPSA) is 3.24 Å². The molecule has 86 valence electrons. The summed E-state index contributed by atoms with van der Waals surface area (Å²) in [5, 5.41) is 0. The van der Waals surface area contributed by atoms with Gasteiger partial charge >= 0.3 is 0 Å². The minimum Gasteiger partial charge on any atom is -0.300 e. The van der Waals surface area contributed by atoms with Crippen molar-refractivity contribution in [2.24, 2.45) is 17.8 Å². The molecule has 0 aromatic carbocycles. The van der Waals surface area contributed by atoms with Gasteiger partial charge in [0.2, 0.25) is 0 Å². The van der Waals surface area contributed by atoms with E-state index in [1.165, 1.54) is 0 Å². The molecule has 1 aliphatic carbocycles. The molecule has 15 heavy (non-hydrogen) atoms. The van der Waals surface area contributed by atoms with Crippen molar-refractivity contribution in [3.8, 4) is 0 Å². The molecule has 5 atom stereocenters. The third-order valence-corrected chi connectivity index (χ3v) is 4.75. The second kappa shape index (κ2) is 3.31. The Morgan fingerprint density at radius 2 is 2.07 bits per heavy atom. The molecule has 1 nitrogen and oxygen atoms in total. The summed E-state index contributed by atoms with van der Waals surface area (Å²) in [4.78, 5) is 2.16. The molecule has 1 heterocycles. The second-order valence-electron chi connectivity index (χ2n) is 5.70. The molecule has 0 aromatic rings. The van der Waals surface area contributed by atoms with Crippen LogP contribution >= 0.6 is 0 Å². The number of alkyl halides is 1. The quantitative estimate of drug-likeness (QED) is 0.603. The highest BCUT2D eigenvalue weighted by molar-refractivity contribution is 5.18. The van der Waals surface area contributed by atoms with E-state index in [-0.39, 0.29) is 11.8 Å². The molecular weight excluding hydrogens is 189 g/mol. The second-order valence-corrected chi connectivity index (χ2v) is 5.70. The van der Waals surface area contributed by atoms with E-state index < -0.39 is 5.67 Å². The van der Waals surface area contributed by atoms with Crippen molar-refractivity contribution in [3.05, 3.63) is 12.2 Å². The van der Waals surface area contributed by atoms with Crippen LogP contribution in [-0.4, -0.2) is 30.2 Å². The summed E-state index contributed by atoms with van der Waals surface area (Å²) < 4.78 is 14.9. The van der Waals surface area contributed by atoms with Gasteiger partial charge in [-0.25, -0.2) is 4.39 Å². The smallest absolute Gasteiger partial charge is 0.131 e. The lowest BCUT2D eigenvalue weighted by Gasteiger charge is -2.27. The average molecular weight is 211 g/mol. The van der Waals surface area contributed by atoms with Crippen molar-refractivity contribution in [2.75, 3.05) is 13.6 Å². The lowest BCUT2D eigenvalue weighted by Crippen LogP contribution is -2.35. The van der Waals surface area contributed by atoms with Crippen LogP contribution in [0.5, 0.6) is 0 Å². The van der Waals surface area contributed by atoms with Gasteiger partial charge < -0.3 is 4.90 Å². The summed E-state index contributed by atoms with van der Waals surface area (Å²) >= 11 is 0. The maximum absolute atomic E-state index is 14.9. The first-order valence-electron chi connectivity index (χ1n) is 5.92. The van der Waals surface area contributed by atoms with Gasteiger partial charge in [0, 0.05) is 18.5 Å². The molecule has 0 amide bonds. The Kier molecular flexibility index (Phi) is 2.45. The van der Waals surface area contributed by atoms with Gasteiger partial charge in [-0.2, -0.15) is 0 Å². The molecule has 2 fully saturated rings. The zero-order valence-electron chi connectivity index (χ0n) is 10.3. The van der Waals surface area contributed by atoms with Crippen LogP contribution in [0.3, 0.4) is 0 Å². The van der Waals surface area contributed by atoms with E-state index in [1.54, 1.807) is 0 Å². The summed E-state index contributed by atoms with van der Waals surface area (Å²) in [6.07, 6.45) is 0.981. The maximum atomic E-state index is 14.9. The molecule has 1 saturated carbocycles. The molecule has 2 heteroatoms. The van der Waals surface area contributed by atoms with Crippen LogP contribution in [-0.2, 0) is 0 Å². The maximum Gasteiger partial charge on any atom is 0.131 e. The minimum absolute atomic E-state index is 0.162. The number of hydrogen-bond donors (Lipinski definition) is 0. The van der Waals surface area contributed by atoms with Crippen molar-refractivity contribution in [1.29, 1.82) is 0 Å². The van der Waals surface area contributed by atoms with E-state index in [2.05, 4.69) is 25.3 Å². The molecule has 2 aliphatic rings. The molecule has 0 radical (unpaired) electrons. The largest absolute Gasteiger partial charge is 0.300 e. The summed E-state index contributed by atoms with van der Waals surface area (Å²) in [5.74, 6) is 0.719. The number of allylic oxidation sites excluding steroid dienone is 1. The summed E-state index contributed by atoms with van der Waals surface area (Å²) in [6.45, 7) is 10.9. The Labute approximate surface area is 92.3 Å². The Balaban J connectivity index is 2.34. The monoisotopic (exact) mass is 211 g/mol. The van der Waals surface area contributed by atoms with Crippen LogP contribution in [0.25, 0.3) is 0 Å². The molecule has 0 bridgehead atoms. The third kappa shape index (κ3) is 1.37. The van der Waals surface area contributed by atoms with Gasteiger partial charge in [-0.3, -0.25) is 0 Å². The van der Waals surface area contributed by atoms with Crippen LogP contribution in [0.2, 0.25) is 0 Å². The molecule has 1 saturated heterocycles. The lowest BCUT2D eigenvalue weighted by molar-refractivity contribution is 0.0949. The number of hydrogen-bond acceptors (Lipinski definition) is 1. The normalized spacial score (nSPS) is 50.7. The van der Waals surface area contributed by atoms with Crippen molar-refractivity contribution in [1.82, 2.24) is 4.90 Å². The van der Waals surface area contributed by atoms with Gasteiger partial charge in [0.25, 0.3) is 0 Å². The Morgan fingerprint density at radius 1 is 1.47 bits per heavy atom. The number of fused-ring (bicyclic) bond motifs is 1. The lowest BCUT2D eigenvalue weighted by atomic mass is 9.81. The van der Waals surface area contributed by atoms with Gasteiger partial charge in [0.15, 0.2) is 0 Å². The van der Waals surface area contributed by atoms with E-state index in [0.717, 1.165) is 12.0 Å². The predicted molar refractivity (Wildman–Crippen MR) is 61.5 cm³/mol. The van der Waals surface area contributed by atoms with Crippen LogP contribution in [0, 0.1) is 17.8 Å². The van der Waals surface area contributed by atoms with E-state index in [4.69, 9.17) is 0 Å². The highest BCUT2D eigenvalue weighted by atomic mass is 19.1. The summed E-state index contributed by atoms with van der Waals surface area (Å²) in [5.41, 5.74) is 0.186. The Morgan fingerprint density at radius 3 is 2.60 bits per heavy atom. The van der Waals surface area contributed by atoms with E-state index >= 15 is 0 Å². The van der Waals surface area contributed by atoms with Gasteiger partial charge in [-0.1, -0.05) is 19.1 Å². The van der Waals surface area contributed by atoms with Crippen LogP contribution < -0.4 is 0 Å². The SMILES string of the molecule is C=C(C)C1CC(C)C2(F)CN(C)C(C)C12. The first kappa shape index (κ1) is 11.1. The third-order valence-electron chi connectivity index (χ3n) is 4.75. The zero-order valence-corrected chi connectivity index (χ0v) is 10.3. The highest BCUT2D eigenvalue weighted by Gasteiger charge is 2.61. The summed E-state index contributed by atoms with van der Waals surface area (Å²) in [7, 11) is 2.03. The molecule has 0 spiro atoms. The number of rotatable bonds is 1. The van der Waals surface area contributed by atoms with Crippen LogP contribution in [0.15, 0.2) is 12.2 Å². The standard InChI is InChI=1S/C13H22FN/c1-8(2)11-6-9(3)13(14)7-15(5)10(4)12(11)13/h9-12H,1,6-7H2,2-5H3. The number of halogens is 1. The summed E-state index contributed by atoms with van der Waals surface area (Å²) in [6, 6.07) is 0.349. The van der Waals surface area contributed by atoms with Crippen LogP contribution in [0.1, 0.15) is 27.2 Å². The Bertz CT molecular complexity index is 288. The Hall–Kier alpha value is -0.370. The predicted octanol–water partition coefficient (Wildman–Crippen LogP) is 2.88. The van der Waals surface area contributed by atoms with E-state index in [1.807, 2.05) is 14.0 Å². The van der Waals surface area contributed by atoms with Crippen molar-refractivity contribution in [3.63, 3.8) is 0 Å². The fraction of sp³-hybridized carbons (Fsp3) is 0.846. The van der Waals surface area contributed by atoms with E-state index in [0.29, 0.717) is 18.5 Å². The highest BCUT2D eigenvalue weighted by Crippen LogP contribution is 2.55. The van der Waals surface area contributed by atoms with Crippen molar-refractivity contribution >= 4 is 0 Å². The molecule has 5 unspecified atom stereocenters. The molecule has 0 aromatic heterocycles. The zero-order chi connectivity index (χ0) is 11.4. The first-order valence-corrected chi connectivity index (χ1v) is 5.92. The minimum atomic E-state index is -0.974. The molecule has 2 rings (SSSR count). The van der Waals surface area contributed by atoms with Gasteiger partial charge in [0.1, 0.15) is 5.67 Å². The van der Waals surface area contributed by atoms with Gasteiger partial charge in [-0.05, 0) is 39.2 Å². The molecule has 0 N–H and O–H groups in total. The van der Waals surface area contributed by atoms with Crippen LogP contribution in [0.4, 0.5) is 4.39 Å². The molecular formula is C13H22FN. The first-order chi connectivity index (χ1) is 6.88. The number of nitrogens with zero attached hydrogens (tertiary/aromatic N) is 1. The molecule has 1 aliphatic heterocycles. The average Bonchev–Trinajstić information content (AvgIpc) is 2.50. The fourth-order valence-electron chi connectivity index (χ4n) is 3.69. The van der Waals surface area contributed by atoms with Crippen molar-refractivity contribution < 1.29 is 4.39 Å². The number of likely N-dealkylation sites (tertiary alicyclic amines) is 1. The van der Waals surface area contributed by atoms with Gasteiger partial charge in [0.05, 0.1) is 0 Å². The fourth-order valence-corrected chi connectivity index (χ4v) is 3.69. The van der Waals surface area contributed by atoms with E-state index in [9.17, 15) is 4.39 Å². The van der Waals surface area contributed by atoms with Crippen molar-refractivity contribution in [2.45, 2.75) is 38.9 Å². The van der Waals surface area contributed by atoms with Gasteiger partial charge in [-0.15, -0.1) is 0 Å².